The third-order valence-corrected chi connectivity index (χ3v) is 5.76. The Kier molecular flexibility index (Phi) is 4.51. The molecule has 0 spiro atoms. The zero-order valence-corrected chi connectivity index (χ0v) is 13.3. The molecule has 1 aliphatic rings. The van der Waals surface area contributed by atoms with Crippen LogP contribution in [0, 0.1) is 0 Å². The number of hydrogen-bond donors (Lipinski definition) is 1. The number of nitrogens with zero attached hydrogens (tertiary/aromatic N) is 1. The zero-order valence-electron chi connectivity index (χ0n) is 11.7. The van der Waals surface area contributed by atoms with Crippen LogP contribution in [0.3, 0.4) is 0 Å². The molecule has 5 heteroatoms. The Balaban J connectivity index is 1.64. The van der Waals surface area contributed by atoms with Crippen molar-refractivity contribution in [1.82, 2.24) is 4.90 Å². The van der Waals surface area contributed by atoms with Gasteiger partial charge in [-0.3, -0.25) is 4.79 Å². The van der Waals surface area contributed by atoms with E-state index in [0.717, 1.165) is 30.0 Å². The number of benzene rings is 1. The fraction of sp³-hybridized carbons (Fsp3) is 0.312. The number of carbonyl (C=O) groups is 1. The lowest BCUT2D eigenvalue weighted by molar-refractivity contribution is -0.129. The number of nitrogens with two attached hydrogens (primary N) is 1. The van der Waals surface area contributed by atoms with Gasteiger partial charge in [0, 0.05) is 22.0 Å². The van der Waals surface area contributed by atoms with Gasteiger partial charge < -0.3 is 10.6 Å². The second-order valence-corrected chi connectivity index (χ2v) is 7.08. The molecule has 110 valence electrons. The Morgan fingerprint density at radius 1 is 1.33 bits per heavy atom. The SMILES string of the molecule is Nc1ccccc1SCC(=O)N1CCCC1c1cccs1. The lowest BCUT2D eigenvalue weighted by atomic mass is 10.2. The molecule has 3 nitrogen and oxygen atoms in total. The molecule has 1 unspecified atom stereocenters. The summed E-state index contributed by atoms with van der Waals surface area (Å²) in [7, 11) is 0. The van der Waals surface area contributed by atoms with Crippen LogP contribution in [0.15, 0.2) is 46.7 Å². The number of thioether (sulfide) groups is 1. The molecule has 1 fully saturated rings. The first-order valence-electron chi connectivity index (χ1n) is 7.06. The first-order valence-corrected chi connectivity index (χ1v) is 8.92. The first kappa shape index (κ1) is 14.5. The van der Waals surface area contributed by atoms with Crippen molar-refractivity contribution in [3.63, 3.8) is 0 Å². The van der Waals surface area contributed by atoms with E-state index in [1.807, 2.05) is 29.2 Å². The van der Waals surface area contributed by atoms with Crippen LogP contribution in [0.2, 0.25) is 0 Å². The third-order valence-electron chi connectivity index (χ3n) is 3.71. The smallest absolute Gasteiger partial charge is 0.233 e. The second kappa shape index (κ2) is 6.54. The monoisotopic (exact) mass is 318 g/mol. The van der Waals surface area contributed by atoms with Crippen molar-refractivity contribution in [2.45, 2.75) is 23.8 Å². The average molecular weight is 318 g/mol. The van der Waals surface area contributed by atoms with Crippen LogP contribution >= 0.6 is 23.1 Å². The molecule has 0 bridgehead atoms. The standard InChI is InChI=1S/C16H18N2OS2/c17-12-5-1-2-7-14(12)21-11-16(19)18-9-3-6-13(18)15-8-4-10-20-15/h1-2,4-5,7-8,10,13H,3,6,9,11,17H2. The van der Waals surface area contributed by atoms with E-state index in [1.165, 1.54) is 16.6 Å². The number of para-hydroxylation sites is 1. The Bertz CT molecular complexity index is 612. The van der Waals surface area contributed by atoms with Gasteiger partial charge in [-0.05, 0) is 36.4 Å². The summed E-state index contributed by atoms with van der Waals surface area (Å²) in [4.78, 5) is 16.8. The maximum absolute atomic E-state index is 12.5. The lowest BCUT2D eigenvalue weighted by Gasteiger charge is -2.23. The van der Waals surface area contributed by atoms with E-state index < -0.39 is 0 Å². The number of thiophene rings is 1. The van der Waals surface area contributed by atoms with Gasteiger partial charge in [-0.1, -0.05) is 18.2 Å². The van der Waals surface area contributed by atoms with Crippen molar-refractivity contribution in [3.05, 3.63) is 46.7 Å². The molecule has 0 aliphatic carbocycles. The number of likely N-dealkylation sites (tertiary alicyclic amines) is 1. The van der Waals surface area contributed by atoms with Crippen LogP contribution < -0.4 is 5.73 Å². The molecular formula is C16H18N2OS2. The summed E-state index contributed by atoms with van der Waals surface area (Å²) in [5.41, 5.74) is 6.66. The van der Waals surface area contributed by atoms with Crippen LogP contribution in [0.5, 0.6) is 0 Å². The number of nitrogen functional groups attached to an aromatic ring is 1. The first-order chi connectivity index (χ1) is 10.3. The van der Waals surface area contributed by atoms with Gasteiger partial charge in [-0.15, -0.1) is 23.1 Å². The molecule has 0 saturated carbocycles. The summed E-state index contributed by atoms with van der Waals surface area (Å²) in [6, 6.07) is 12.2. The highest BCUT2D eigenvalue weighted by molar-refractivity contribution is 8.00. The molecule has 1 aliphatic heterocycles. The minimum Gasteiger partial charge on any atom is -0.398 e. The van der Waals surface area contributed by atoms with Gasteiger partial charge in [0.15, 0.2) is 0 Å². The molecule has 21 heavy (non-hydrogen) atoms. The number of rotatable bonds is 4. The molecular weight excluding hydrogens is 300 g/mol. The zero-order chi connectivity index (χ0) is 14.7. The van der Waals surface area contributed by atoms with Gasteiger partial charge in [-0.2, -0.15) is 0 Å². The van der Waals surface area contributed by atoms with Crippen LogP contribution in [0.25, 0.3) is 0 Å². The van der Waals surface area contributed by atoms with E-state index >= 15 is 0 Å². The average Bonchev–Trinajstić information content (AvgIpc) is 3.16. The molecule has 1 aromatic carbocycles. The summed E-state index contributed by atoms with van der Waals surface area (Å²) >= 11 is 3.27. The lowest BCUT2D eigenvalue weighted by Crippen LogP contribution is -2.31. The quantitative estimate of drug-likeness (QED) is 0.689. The Hall–Kier alpha value is -1.46. The van der Waals surface area contributed by atoms with Crippen molar-refractivity contribution >= 4 is 34.7 Å². The van der Waals surface area contributed by atoms with Crippen LogP contribution in [-0.2, 0) is 4.79 Å². The fourth-order valence-electron chi connectivity index (χ4n) is 2.68. The Morgan fingerprint density at radius 2 is 2.19 bits per heavy atom. The summed E-state index contributed by atoms with van der Waals surface area (Å²) in [5.74, 6) is 0.662. The van der Waals surface area contributed by atoms with Gasteiger partial charge in [-0.25, -0.2) is 0 Å². The van der Waals surface area contributed by atoms with Gasteiger partial charge in [0.1, 0.15) is 0 Å². The summed E-state index contributed by atoms with van der Waals surface area (Å²) in [6.07, 6.45) is 2.16. The summed E-state index contributed by atoms with van der Waals surface area (Å²) < 4.78 is 0. The van der Waals surface area contributed by atoms with Gasteiger partial charge in [0.2, 0.25) is 5.91 Å². The van der Waals surface area contributed by atoms with Crippen molar-refractivity contribution in [1.29, 1.82) is 0 Å². The molecule has 1 saturated heterocycles. The van der Waals surface area contributed by atoms with Crippen molar-refractivity contribution in [3.8, 4) is 0 Å². The molecule has 3 rings (SSSR count). The highest BCUT2D eigenvalue weighted by Gasteiger charge is 2.30. The molecule has 2 N–H and O–H groups in total. The maximum Gasteiger partial charge on any atom is 0.233 e. The van der Waals surface area contributed by atoms with E-state index in [2.05, 4.69) is 17.5 Å². The molecule has 1 atom stereocenters. The maximum atomic E-state index is 12.5. The minimum atomic E-state index is 0.208. The Labute approximate surface area is 133 Å². The van der Waals surface area contributed by atoms with Gasteiger partial charge in [0.25, 0.3) is 0 Å². The van der Waals surface area contributed by atoms with Crippen LogP contribution in [-0.4, -0.2) is 23.1 Å². The van der Waals surface area contributed by atoms with Gasteiger partial charge >= 0.3 is 0 Å². The molecule has 0 radical (unpaired) electrons. The van der Waals surface area contributed by atoms with Crippen LogP contribution in [0.1, 0.15) is 23.8 Å². The molecule has 1 aromatic heterocycles. The van der Waals surface area contributed by atoms with Crippen molar-refractivity contribution < 1.29 is 4.79 Å². The third kappa shape index (κ3) is 3.24. The van der Waals surface area contributed by atoms with Crippen LogP contribution in [0.4, 0.5) is 5.69 Å². The minimum absolute atomic E-state index is 0.208. The van der Waals surface area contributed by atoms with E-state index in [1.54, 1.807) is 11.3 Å². The predicted molar refractivity (Wildman–Crippen MR) is 89.6 cm³/mol. The largest absolute Gasteiger partial charge is 0.398 e. The summed E-state index contributed by atoms with van der Waals surface area (Å²) in [6.45, 7) is 0.867. The van der Waals surface area contributed by atoms with Crippen molar-refractivity contribution in [2.24, 2.45) is 0 Å². The van der Waals surface area contributed by atoms with E-state index in [0.29, 0.717) is 5.75 Å². The number of carbonyl (C=O) groups excluding carboxylic acids is 1. The van der Waals surface area contributed by atoms with E-state index in [-0.39, 0.29) is 11.9 Å². The number of amides is 1. The fourth-order valence-corrected chi connectivity index (χ4v) is 4.40. The van der Waals surface area contributed by atoms with Crippen molar-refractivity contribution in [2.75, 3.05) is 18.0 Å². The number of anilines is 1. The highest BCUT2D eigenvalue weighted by Crippen LogP contribution is 2.35. The highest BCUT2D eigenvalue weighted by atomic mass is 32.2. The molecule has 1 amide bonds. The van der Waals surface area contributed by atoms with E-state index in [9.17, 15) is 4.79 Å². The second-order valence-electron chi connectivity index (χ2n) is 5.09. The molecule has 2 heterocycles. The topological polar surface area (TPSA) is 46.3 Å². The Morgan fingerprint density at radius 3 is 2.95 bits per heavy atom. The van der Waals surface area contributed by atoms with E-state index in [4.69, 9.17) is 5.73 Å². The van der Waals surface area contributed by atoms with Gasteiger partial charge in [0.05, 0.1) is 11.8 Å². The number of hydrogen-bond acceptors (Lipinski definition) is 4. The normalized spacial score (nSPS) is 18.1. The molecule has 2 aromatic rings. The predicted octanol–water partition coefficient (Wildman–Crippen LogP) is 3.79. The summed E-state index contributed by atoms with van der Waals surface area (Å²) in [5, 5.41) is 2.08.